The van der Waals surface area contributed by atoms with E-state index in [0.717, 1.165) is 23.2 Å². The van der Waals surface area contributed by atoms with Crippen molar-refractivity contribution in [1.82, 2.24) is 15.1 Å². The number of ether oxygens (including phenoxy) is 1. The van der Waals surface area contributed by atoms with E-state index >= 15 is 0 Å². The van der Waals surface area contributed by atoms with Gasteiger partial charge >= 0.3 is 5.97 Å². The molecule has 0 radical (unpaired) electrons. The van der Waals surface area contributed by atoms with Crippen LogP contribution in [-0.2, 0) is 22.4 Å². The van der Waals surface area contributed by atoms with Crippen LogP contribution in [0.1, 0.15) is 46.6 Å². The molecular formula is C20H22FN3O4. The summed E-state index contributed by atoms with van der Waals surface area (Å²) in [5, 5.41) is 16.8. The molecule has 1 aromatic heterocycles. The molecule has 2 aliphatic rings. The number of para-hydroxylation sites is 1. The number of aromatic nitrogens is 2. The van der Waals surface area contributed by atoms with Crippen LogP contribution in [-0.4, -0.2) is 45.5 Å². The lowest BCUT2D eigenvalue weighted by atomic mass is 9.90. The molecule has 2 heterocycles. The quantitative estimate of drug-likeness (QED) is 0.839. The Morgan fingerprint density at radius 1 is 1.29 bits per heavy atom. The molecule has 28 heavy (non-hydrogen) atoms. The molecule has 0 unspecified atom stereocenters. The van der Waals surface area contributed by atoms with Gasteiger partial charge in [0, 0.05) is 37.3 Å². The molecule has 1 aromatic carbocycles. The van der Waals surface area contributed by atoms with Crippen LogP contribution >= 0.6 is 0 Å². The van der Waals surface area contributed by atoms with Crippen LogP contribution in [0, 0.1) is 12.7 Å². The summed E-state index contributed by atoms with van der Waals surface area (Å²) in [5.74, 6) is -2.02. The van der Waals surface area contributed by atoms with Gasteiger partial charge in [-0.3, -0.25) is 4.79 Å². The fourth-order valence-electron chi connectivity index (χ4n) is 4.08. The number of aryl methyl sites for hydroxylation is 1. The van der Waals surface area contributed by atoms with Gasteiger partial charge in [0.2, 0.25) is 0 Å². The fourth-order valence-corrected chi connectivity index (χ4v) is 4.08. The van der Waals surface area contributed by atoms with Crippen molar-refractivity contribution in [2.45, 2.75) is 44.6 Å². The van der Waals surface area contributed by atoms with Crippen molar-refractivity contribution in [2.75, 3.05) is 13.2 Å². The van der Waals surface area contributed by atoms with Crippen molar-refractivity contribution in [1.29, 1.82) is 0 Å². The zero-order chi connectivity index (χ0) is 19.9. The highest BCUT2D eigenvalue weighted by Gasteiger charge is 2.43. The number of halogens is 1. The summed E-state index contributed by atoms with van der Waals surface area (Å²) in [5.41, 5.74) is 1.46. The van der Waals surface area contributed by atoms with Gasteiger partial charge in [0.1, 0.15) is 17.0 Å². The number of carboxylic acid groups (broad SMARTS) is 1. The number of carbonyl (C=O) groups is 2. The van der Waals surface area contributed by atoms with Crippen molar-refractivity contribution in [2.24, 2.45) is 0 Å². The average molecular weight is 387 g/mol. The standard InChI is InChI=1S/C20H22FN3O4/c1-12-4-2-6-14(21)17(12)24-15-7-3-5-13(15)16(23-24)18(25)22-20(19(26)27)8-10-28-11-9-20/h2,4,6H,3,5,7-11H2,1H3,(H,22,25)(H,26,27). The van der Waals surface area contributed by atoms with Gasteiger partial charge in [-0.15, -0.1) is 0 Å². The van der Waals surface area contributed by atoms with Crippen molar-refractivity contribution in [3.63, 3.8) is 0 Å². The molecule has 148 valence electrons. The van der Waals surface area contributed by atoms with E-state index < -0.39 is 23.2 Å². The Bertz CT molecular complexity index is 927. The van der Waals surface area contributed by atoms with Crippen molar-refractivity contribution >= 4 is 11.9 Å². The van der Waals surface area contributed by atoms with Gasteiger partial charge in [-0.1, -0.05) is 12.1 Å². The van der Waals surface area contributed by atoms with Gasteiger partial charge in [0.25, 0.3) is 5.91 Å². The van der Waals surface area contributed by atoms with E-state index in [9.17, 15) is 19.1 Å². The third-order valence-corrected chi connectivity index (χ3v) is 5.65. The Balaban J connectivity index is 1.73. The van der Waals surface area contributed by atoms with Crippen LogP contribution in [0.4, 0.5) is 4.39 Å². The van der Waals surface area contributed by atoms with Crippen LogP contribution in [0.15, 0.2) is 18.2 Å². The summed E-state index contributed by atoms with van der Waals surface area (Å²) in [7, 11) is 0. The summed E-state index contributed by atoms with van der Waals surface area (Å²) >= 11 is 0. The highest BCUT2D eigenvalue weighted by atomic mass is 19.1. The molecule has 1 aliphatic carbocycles. The zero-order valence-corrected chi connectivity index (χ0v) is 15.6. The Morgan fingerprint density at radius 2 is 2.04 bits per heavy atom. The molecule has 7 nitrogen and oxygen atoms in total. The van der Waals surface area contributed by atoms with Crippen LogP contribution in [0.3, 0.4) is 0 Å². The summed E-state index contributed by atoms with van der Waals surface area (Å²) in [6.07, 6.45) is 2.60. The summed E-state index contributed by atoms with van der Waals surface area (Å²) in [4.78, 5) is 24.9. The van der Waals surface area contributed by atoms with E-state index in [4.69, 9.17) is 4.74 Å². The van der Waals surface area contributed by atoms with Crippen LogP contribution in [0.25, 0.3) is 5.69 Å². The number of rotatable bonds is 4. The van der Waals surface area contributed by atoms with E-state index in [0.29, 0.717) is 18.5 Å². The topological polar surface area (TPSA) is 93.5 Å². The second kappa shape index (κ2) is 7.01. The lowest BCUT2D eigenvalue weighted by Gasteiger charge is -2.33. The molecule has 8 heteroatoms. The normalized spacial score (nSPS) is 17.9. The number of hydrogen-bond donors (Lipinski definition) is 2. The van der Waals surface area contributed by atoms with Crippen LogP contribution < -0.4 is 5.32 Å². The minimum Gasteiger partial charge on any atom is -0.480 e. The summed E-state index contributed by atoms with van der Waals surface area (Å²) < 4.78 is 21.3. The second-order valence-corrected chi connectivity index (χ2v) is 7.40. The van der Waals surface area contributed by atoms with Crippen molar-refractivity contribution in [3.05, 3.63) is 46.5 Å². The first kappa shape index (κ1) is 18.6. The van der Waals surface area contributed by atoms with Gasteiger partial charge in [0.05, 0.1) is 0 Å². The smallest absolute Gasteiger partial charge is 0.329 e. The molecule has 1 aliphatic heterocycles. The number of fused-ring (bicyclic) bond motifs is 1. The molecule has 2 aromatic rings. The number of nitrogens with one attached hydrogen (secondary N) is 1. The first-order valence-electron chi connectivity index (χ1n) is 9.43. The Morgan fingerprint density at radius 3 is 2.71 bits per heavy atom. The summed E-state index contributed by atoms with van der Waals surface area (Å²) in [6.45, 7) is 2.34. The summed E-state index contributed by atoms with van der Waals surface area (Å²) in [6, 6.07) is 4.79. The third kappa shape index (κ3) is 2.97. The minimum absolute atomic E-state index is 0.183. The SMILES string of the molecule is Cc1cccc(F)c1-n1nc(C(=O)NC2(C(=O)O)CCOCC2)c2c1CCC2. The van der Waals surface area contributed by atoms with Gasteiger partial charge in [-0.25, -0.2) is 13.9 Å². The number of carboxylic acids is 1. The maximum Gasteiger partial charge on any atom is 0.329 e. The molecule has 1 amide bonds. The lowest BCUT2D eigenvalue weighted by molar-refractivity contribution is -0.148. The van der Waals surface area contributed by atoms with Gasteiger partial charge < -0.3 is 15.2 Å². The van der Waals surface area contributed by atoms with Gasteiger partial charge in [-0.2, -0.15) is 5.10 Å². The number of amides is 1. The number of aliphatic carboxylic acids is 1. The van der Waals surface area contributed by atoms with E-state index in [-0.39, 0.29) is 31.7 Å². The highest BCUT2D eigenvalue weighted by Crippen LogP contribution is 2.31. The lowest BCUT2D eigenvalue weighted by Crippen LogP contribution is -2.57. The molecule has 0 bridgehead atoms. The number of hydrogen-bond acceptors (Lipinski definition) is 4. The number of benzene rings is 1. The monoisotopic (exact) mass is 387 g/mol. The maximum absolute atomic E-state index is 14.5. The Hall–Kier alpha value is -2.74. The van der Waals surface area contributed by atoms with Crippen molar-refractivity contribution in [3.8, 4) is 5.69 Å². The molecule has 2 N–H and O–H groups in total. The Labute approximate surface area is 161 Å². The Kier molecular flexibility index (Phi) is 4.66. The predicted molar refractivity (Wildman–Crippen MR) is 98.2 cm³/mol. The fraction of sp³-hybridized carbons (Fsp3) is 0.450. The first-order valence-corrected chi connectivity index (χ1v) is 9.43. The molecule has 0 saturated carbocycles. The van der Waals surface area contributed by atoms with Gasteiger partial charge in [0.15, 0.2) is 5.69 Å². The molecule has 0 atom stereocenters. The molecule has 0 spiro atoms. The van der Waals surface area contributed by atoms with Crippen LogP contribution in [0.2, 0.25) is 0 Å². The molecule has 4 rings (SSSR count). The largest absolute Gasteiger partial charge is 0.480 e. The van der Waals surface area contributed by atoms with Gasteiger partial charge in [-0.05, 0) is 37.8 Å². The van der Waals surface area contributed by atoms with E-state index in [1.807, 2.05) is 0 Å². The van der Waals surface area contributed by atoms with E-state index in [1.54, 1.807) is 19.1 Å². The predicted octanol–water partition coefficient (Wildman–Crippen LogP) is 2.17. The van der Waals surface area contributed by atoms with E-state index in [2.05, 4.69) is 10.4 Å². The second-order valence-electron chi connectivity index (χ2n) is 7.40. The maximum atomic E-state index is 14.5. The van der Waals surface area contributed by atoms with Crippen molar-refractivity contribution < 1.29 is 23.8 Å². The molecular weight excluding hydrogens is 365 g/mol. The van der Waals surface area contributed by atoms with E-state index in [1.165, 1.54) is 10.7 Å². The first-order chi connectivity index (χ1) is 13.4. The van der Waals surface area contributed by atoms with Crippen LogP contribution in [0.5, 0.6) is 0 Å². The molecule has 1 fully saturated rings. The minimum atomic E-state index is -1.36. The average Bonchev–Trinajstić information content (AvgIpc) is 3.26. The zero-order valence-electron chi connectivity index (χ0n) is 15.6. The highest BCUT2D eigenvalue weighted by molar-refractivity contribution is 5.98. The number of nitrogens with zero attached hydrogens (tertiary/aromatic N) is 2. The molecule has 1 saturated heterocycles. The number of carbonyl (C=O) groups excluding carboxylic acids is 1. The third-order valence-electron chi connectivity index (χ3n) is 5.65.